The van der Waals surface area contributed by atoms with Crippen molar-refractivity contribution in [1.82, 2.24) is 5.32 Å². The molecule has 1 saturated carbocycles. The van der Waals surface area contributed by atoms with E-state index < -0.39 is 5.97 Å². The Morgan fingerprint density at radius 3 is 2.58 bits per heavy atom. The van der Waals surface area contributed by atoms with E-state index in [-0.39, 0.29) is 24.4 Å². The third-order valence-electron chi connectivity index (χ3n) is 3.37. The molecule has 0 heterocycles. The topological polar surface area (TPSA) is 78.4 Å². The molecule has 1 fully saturated rings. The van der Waals surface area contributed by atoms with Gasteiger partial charge in [-0.25, -0.2) is 0 Å². The minimum atomic E-state index is -0.765. The van der Waals surface area contributed by atoms with Crippen LogP contribution in [0, 0.1) is 5.92 Å². The van der Waals surface area contributed by atoms with Crippen LogP contribution in [0.4, 0.5) is 5.69 Å². The molecule has 0 aliphatic heterocycles. The van der Waals surface area contributed by atoms with Crippen LogP contribution in [-0.4, -0.2) is 29.6 Å². The summed E-state index contributed by atoms with van der Waals surface area (Å²) in [5.74, 6) is -1.17. The van der Waals surface area contributed by atoms with Crippen molar-refractivity contribution in [2.24, 2.45) is 5.92 Å². The van der Waals surface area contributed by atoms with E-state index in [2.05, 4.69) is 10.6 Å². The number of benzene rings is 1. The number of hydrogen-bond acceptors (Lipinski definition) is 3. The number of carboxylic acids is 1. The molecule has 1 aliphatic carbocycles. The number of rotatable bonds is 5. The second-order valence-corrected chi connectivity index (χ2v) is 4.83. The average molecular weight is 262 g/mol. The van der Waals surface area contributed by atoms with Gasteiger partial charge in [-0.2, -0.15) is 0 Å². The molecule has 1 aromatic carbocycles. The van der Waals surface area contributed by atoms with E-state index in [9.17, 15) is 9.59 Å². The number of nitrogens with one attached hydrogen (secondary N) is 2. The number of carbonyl (C=O) groups excluding carboxylic acids is 1. The lowest BCUT2D eigenvalue weighted by Crippen LogP contribution is -2.37. The first-order valence-corrected chi connectivity index (χ1v) is 6.46. The average Bonchev–Trinajstić information content (AvgIpc) is 2.86. The Morgan fingerprint density at radius 2 is 1.95 bits per heavy atom. The summed E-state index contributed by atoms with van der Waals surface area (Å²) in [5.41, 5.74) is 0.896. The quantitative estimate of drug-likeness (QED) is 0.751. The van der Waals surface area contributed by atoms with Crippen molar-refractivity contribution in [3.63, 3.8) is 0 Å². The summed E-state index contributed by atoms with van der Waals surface area (Å²) in [6.45, 7) is 0.207. The van der Waals surface area contributed by atoms with Gasteiger partial charge in [-0.15, -0.1) is 0 Å². The van der Waals surface area contributed by atoms with Crippen LogP contribution in [0.5, 0.6) is 0 Å². The second kappa shape index (κ2) is 6.22. The maximum absolute atomic E-state index is 11.7. The van der Waals surface area contributed by atoms with Crippen molar-refractivity contribution in [1.29, 1.82) is 0 Å². The normalized spacial score (nSPS) is 21.9. The van der Waals surface area contributed by atoms with Gasteiger partial charge in [0.2, 0.25) is 5.91 Å². The number of para-hydroxylation sites is 1. The molecule has 0 bridgehead atoms. The molecule has 1 aliphatic rings. The van der Waals surface area contributed by atoms with E-state index in [1.165, 1.54) is 0 Å². The highest BCUT2D eigenvalue weighted by Crippen LogP contribution is 2.25. The van der Waals surface area contributed by atoms with Gasteiger partial charge in [0.05, 0.1) is 12.5 Å². The molecular weight excluding hydrogens is 244 g/mol. The predicted octanol–water partition coefficient (Wildman–Crippen LogP) is 1.47. The third-order valence-corrected chi connectivity index (χ3v) is 3.37. The first-order chi connectivity index (χ1) is 9.15. The van der Waals surface area contributed by atoms with Crippen LogP contribution >= 0.6 is 0 Å². The Morgan fingerprint density at radius 1 is 1.21 bits per heavy atom. The van der Waals surface area contributed by atoms with Gasteiger partial charge in [0, 0.05) is 11.7 Å². The fourth-order valence-electron chi connectivity index (χ4n) is 2.35. The lowest BCUT2D eigenvalue weighted by Gasteiger charge is -2.13. The van der Waals surface area contributed by atoms with Gasteiger partial charge < -0.3 is 15.7 Å². The lowest BCUT2D eigenvalue weighted by atomic mass is 10.1. The van der Waals surface area contributed by atoms with Crippen LogP contribution in [0.25, 0.3) is 0 Å². The van der Waals surface area contributed by atoms with Gasteiger partial charge in [0.25, 0.3) is 0 Å². The summed E-state index contributed by atoms with van der Waals surface area (Å²) in [7, 11) is 0. The minimum absolute atomic E-state index is 0.00817. The van der Waals surface area contributed by atoms with Crippen molar-refractivity contribution in [3.8, 4) is 0 Å². The highest BCUT2D eigenvalue weighted by molar-refractivity contribution is 5.81. The van der Waals surface area contributed by atoms with Gasteiger partial charge in [0.1, 0.15) is 0 Å². The monoisotopic (exact) mass is 262 g/mol. The Balaban J connectivity index is 1.72. The highest BCUT2D eigenvalue weighted by Gasteiger charge is 2.30. The van der Waals surface area contributed by atoms with E-state index in [0.717, 1.165) is 12.1 Å². The van der Waals surface area contributed by atoms with Gasteiger partial charge in [-0.3, -0.25) is 9.59 Å². The first kappa shape index (κ1) is 13.4. The maximum atomic E-state index is 11.7. The highest BCUT2D eigenvalue weighted by atomic mass is 16.4. The molecule has 5 nitrogen and oxygen atoms in total. The van der Waals surface area contributed by atoms with Crippen molar-refractivity contribution in [3.05, 3.63) is 30.3 Å². The summed E-state index contributed by atoms with van der Waals surface area (Å²) < 4.78 is 0. The molecule has 0 aromatic heterocycles. The molecule has 1 aromatic rings. The molecule has 3 N–H and O–H groups in total. The number of carbonyl (C=O) groups is 2. The first-order valence-electron chi connectivity index (χ1n) is 6.46. The standard InChI is InChI=1S/C14H18N2O3/c17-13(9-15-11-4-2-1-3-5-11)16-12-7-6-10(8-12)14(18)19/h1-5,10,12,15H,6-9H2,(H,16,17)(H,18,19). The van der Waals surface area contributed by atoms with Gasteiger partial charge >= 0.3 is 5.97 Å². The van der Waals surface area contributed by atoms with E-state index in [1.54, 1.807) is 0 Å². The maximum Gasteiger partial charge on any atom is 0.306 e. The van der Waals surface area contributed by atoms with Crippen LogP contribution in [0.3, 0.4) is 0 Å². The zero-order valence-electron chi connectivity index (χ0n) is 10.6. The lowest BCUT2D eigenvalue weighted by molar-refractivity contribution is -0.141. The summed E-state index contributed by atoms with van der Waals surface area (Å²) in [5, 5.41) is 14.8. The molecule has 0 radical (unpaired) electrons. The van der Waals surface area contributed by atoms with Crippen LogP contribution in [-0.2, 0) is 9.59 Å². The summed E-state index contributed by atoms with van der Waals surface area (Å²) in [6, 6.07) is 9.48. The summed E-state index contributed by atoms with van der Waals surface area (Å²) in [6.07, 6.45) is 1.92. The third kappa shape index (κ3) is 3.98. The zero-order valence-corrected chi connectivity index (χ0v) is 10.6. The van der Waals surface area contributed by atoms with E-state index >= 15 is 0 Å². The van der Waals surface area contributed by atoms with E-state index in [1.807, 2.05) is 30.3 Å². The molecule has 1 amide bonds. The number of aliphatic carboxylic acids is 1. The molecule has 2 atom stereocenters. The molecule has 5 heteroatoms. The fraction of sp³-hybridized carbons (Fsp3) is 0.429. The van der Waals surface area contributed by atoms with E-state index in [4.69, 9.17) is 5.11 Å². The van der Waals surface area contributed by atoms with Crippen molar-refractivity contribution < 1.29 is 14.7 Å². The molecule has 102 valence electrons. The number of carboxylic acid groups (broad SMARTS) is 1. The molecule has 0 saturated heterocycles. The Labute approximate surface area is 112 Å². The SMILES string of the molecule is O=C(CNc1ccccc1)NC1CCC(C(=O)O)C1. The smallest absolute Gasteiger partial charge is 0.306 e. The molecule has 19 heavy (non-hydrogen) atoms. The zero-order chi connectivity index (χ0) is 13.7. The summed E-state index contributed by atoms with van der Waals surface area (Å²) >= 11 is 0. The Hall–Kier alpha value is -2.04. The largest absolute Gasteiger partial charge is 0.481 e. The molecule has 2 rings (SSSR count). The van der Waals surface area contributed by atoms with Crippen LogP contribution in [0.15, 0.2) is 30.3 Å². The fourth-order valence-corrected chi connectivity index (χ4v) is 2.35. The Kier molecular flexibility index (Phi) is 4.39. The van der Waals surface area contributed by atoms with Gasteiger partial charge in [-0.1, -0.05) is 18.2 Å². The van der Waals surface area contributed by atoms with Gasteiger partial charge in [0.15, 0.2) is 0 Å². The van der Waals surface area contributed by atoms with Crippen LogP contribution in [0.1, 0.15) is 19.3 Å². The predicted molar refractivity (Wildman–Crippen MR) is 71.8 cm³/mol. The van der Waals surface area contributed by atoms with Crippen LogP contribution < -0.4 is 10.6 Å². The molecule has 2 unspecified atom stereocenters. The van der Waals surface area contributed by atoms with Crippen molar-refractivity contribution in [2.45, 2.75) is 25.3 Å². The second-order valence-electron chi connectivity index (χ2n) is 4.83. The molecular formula is C14H18N2O3. The number of hydrogen-bond donors (Lipinski definition) is 3. The number of amides is 1. The Bertz CT molecular complexity index is 447. The molecule has 0 spiro atoms. The van der Waals surface area contributed by atoms with Gasteiger partial charge in [-0.05, 0) is 31.4 Å². The van der Waals surface area contributed by atoms with Crippen molar-refractivity contribution >= 4 is 17.6 Å². The van der Waals surface area contributed by atoms with Crippen LogP contribution in [0.2, 0.25) is 0 Å². The van der Waals surface area contributed by atoms with Crippen molar-refractivity contribution in [2.75, 3.05) is 11.9 Å². The minimum Gasteiger partial charge on any atom is -0.481 e. The summed E-state index contributed by atoms with van der Waals surface area (Å²) in [4.78, 5) is 22.5. The number of anilines is 1. The van der Waals surface area contributed by atoms with E-state index in [0.29, 0.717) is 12.8 Å².